The van der Waals surface area contributed by atoms with Gasteiger partial charge in [-0.2, -0.15) is 0 Å². The van der Waals surface area contributed by atoms with E-state index in [0.717, 1.165) is 17.5 Å². The average molecular weight is 570 g/mol. The molecule has 1 aliphatic rings. The number of thioether (sulfide) groups is 1. The lowest BCUT2D eigenvalue weighted by Gasteiger charge is -2.21. The number of carbonyl (C=O) groups excluding carboxylic acids is 1. The van der Waals surface area contributed by atoms with Gasteiger partial charge in [0.1, 0.15) is 0 Å². The zero-order chi connectivity index (χ0) is 28.6. The maximum Gasteiger partial charge on any atom is 0.269 e. The first kappa shape index (κ1) is 28.5. The maximum absolute atomic E-state index is 13.2. The molecule has 1 amide bonds. The second-order valence-corrected chi connectivity index (χ2v) is 11.7. The Kier molecular flexibility index (Phi) is 9.46. The van der Waals surface area contributed by atoms with Gasteiger partial charge in [0.2, 0.25) is 5.91 Å². The van der Waals surface area contributed by atoms with E-state index < -0.39 is 11.0 Å². The van der Waals surface area contributed by atoms with Crippen LogP contribution in [-0.4, -0.2) is 25.6 Å². The Bertz CT molecular complexity index is 1470. The van der Waals surface area contributed by atoms with Gasteiger partial charge in [0.05, 0.1) is 11.0 Å². The minimum absolute atomic E-state index is 0.00467. The summed E-state index contributed by atoms with van der Waals surface area (Å²) in [6.45, 7) is 2.06. The van der Waals surface area contributed by atoms with Crippen LogP contribution in [0.1, 0.15) is 67.1 Å². The number of carbonyl (C=O) groups is 1. The van der Waals surface area contributed by atoms with Crippen molar-refractivity contribution in [2.24, 2.45) is 5.92 Å². The molecule has 0 radical (unpaired) electrons. The molecule has 4 aromatic rings. The number of amides is 1. The van der Waals surface area contributed by atoms with Gasteiger partial charge < -0.3 is 5.32 Å². The molecular formula is C32H35N5O3S. The molecule has 1 N–H and O–H groups in total. The molecule has 1 fully saturated rings. The quantitative estimate of drug-likeness (QED) is 0.110. The largest absolute Gasteiger partial charge is 0.346 e. The van der Waals surface area contributed by atoms with E-state index in [1.54, 1.807) is 23.9 Å². The summed E-state index contributed by atoms with van der Waals surface area (Å²) < 4.78 is 1.93. The molecule has 5 rings (SSSR count). The SMILES string of the molecule is Cc1cccc(CSc2nnc(C(Cc3ccccc3)NC(=O)CCC3CCCC3)n2-c2ccc([N+](=O)[O-])cc2)c1. The summed E-state index contributed by atoms with van der Waals surface area (Å²) in [5.41, 5.74) is 4.14. The topological polar surface area (TPSA) is 103 Å². The molecule has 1 saturated carbocycles. The van der Waals surface area contributed by atoms with E-state index in [4.69, 9.17) is 0 Å². The van der Waals surface area contributed by atoms with Gasteiger partial charge in [-0.3, -0.25) is 19.5 Å². The number of nitro groups is 1. The van der Waals surface area contributed by atoms with Gasteiger partial charge in [0.15, 0.2) is 11.0 Å². The highest BCUT2D eigenvalue weighted by atomic mass is 32.2. The van der Waals surface area contributed by atoms with Crippen molar-refractivity contribution in [1.29, 1.82) is 0 Å². The maximum atomic E-state index is 13.2. The van der Waals surface area contributed by atoms with Crippen LogP contribution in [0.2, 0.25) is 0 Å². The first-order chi connectivity index (χ1) is 20.0. The first-order valence-electron chi connectivity index (χ1n) is 14.2. The molecule has 0 saturated heterocycles. The Morgan fingerprint density at radius 3 is 2.46 bits per heavy atom. The number of non-ortho nitro benzene ring substituents is 1. The van der Waals surface area contributed by atoms with Crippen molar-refractivity contribution in [3.05, 3.63) is 111 Å². The van der Waals surface area contributed by atoms with Crippen LogP contribution >= 0.6 is 11.8 Å². The lowest BCUT2D eigenvalue weighted by atomic mass is 10.0. The van der Waals surface area contributed by atoms with Gasteiger partial charge in [-0.1, -0.05) is 97.6 Å². The molecule has 1 unspecified atom stereocenters. The minimum Gasteiger partial charge on any atom is -0.346 e. The second-order valence-electron chi connectivity index (χ2n) is 10.7. The summed E-state index contributed by atoms with van der Waals surface area (Å²) in [5.74, 6) is 1.92. The summed E-state index contributed by atoms with van der Waals surface area (Å²) in [5, 5.41) is 24.4. The first-order valence-corrected chi connectivity index (χ1v) is 15.2. The molecule has 1 aliphatic carbocycles. The molecule has 9 heteroatoms. The van der Waals surface area contributed by atoms with Crippen LogP contribution in [0.4, 0.5) is 5.69 Å². The molecule has 212 valence electrons. The fraction of sp³-hybridized carbons (Fsp3) is 0.344. The van der Waals surface area contributed by atoms with Crippen molar-refractivity contribution in [2.75, 3.05) is 0 Å². The molecule has 3 aromatic carbocycles. The highest BCUT2D eigenvalue weighted by Gasteiger charge is 2.26. The standard InChI is InChI=1S/C32H35N5O3S/c1-23-8-7-13-26(20-23)22-41-32-35-34-31(36(32)27-15-17-28(18-16-27)37(39)40)29(21-25-11-3-2-4-12-25)33-30(38)19-14-24-9-5-6-10-24/h2-4,7-8,11-13,15-18,20,24,29H,5-6,9-10,14,19,21-22H2,1H3,(H,33,38). The Balaban J connectivity index is 1.47. The van der Waals surface area contributed by atoms with E-state index in [1.165, 1.54) is 43.4 Å². The van der Waals surface area contributed by atoms with Crippen LogP contribution in [0, 0.1) is 23.0 Å². The lowest BCUT2D eigenvalue weighted by Crippen LogP contribution is -2.32. The second kappa shape index (κ2) is 13.6. The number of nitrogens with one attached hydrogen (secondary N) is 1. The summed E-state index contributed by atoms with van der Waals surface area (Å²) >= 11 is 1.55. The van der Waals surface area contributed by atoms with Crippen LogP contribution in [-0.2, 0) is 17.0 Å². The van der Waals surface area contributed by atoms with Gasteiger partial charge in [-0.05, 0) is 48.9 Å². The van der Waals surface area contributed by atoms with Crippen LogP contribution in [0.3, 0.4) is 0 Å². The van der Waals surface area contributed by atoms with Gasteiger partial charge in [0.25, 0.3) is 5.69 Å². The molecule has 1 heterocycles. The molecule has 41 heavy (non-hydrogen) atoms. The molecular weight excluding hydrogens is 534 g/mol. The van der Waals surface area contributed by atoms with Crippen molar-refractivity contribution in [3.8, 4) is 5.69 Å². The smallest absolute Gasteiger partial charge is 0.269 e. The Morgan fingerprint density at radius 2 is 1.76 bits per heavy atom. The molecule has 0 aliphatic heterocycles. The van der Waals surface area contributed by atoms with Crippen LogP contribution in [0.5, 0.6) is 0 Å². The Morgan fingerprint density at radius 1 is 1.02 bits per heavy atom. The number of benzene rings is 3. The highest BCUT2D eigenvalue weighted by Crippen LogP contribution is 2.31. The van der Waals surface area contributed by atoms with Crippen molar-refractivity contribution in [1.82, 2.24) is 20.1 Å². The number of hydrogen-bond donors (Lipinski definition) is 1. The zero-order valence-electron chi connectivity index (χ0n) is 23.2. The molecule has 0 spiro atoms. The fourth-order valence-electron chi connectivity index (χ4n) is 5.47. The third-order valence-electron chi connectivity index (χ3n) is 7.61. The molecule has 0 bridgehead atoms. The third-order valence-corrected chi connectivity index (χ3v) is 8.61. The number of hydrogen-bond acceptors (Lipinski definition) is 6. The van der Waals surface area contributed by atoms with Crippen molar-refractivity contribution >= 4 is 23.4 Å². The van der Waals surface area contributed by atoms with Crippen LogP contribution in [0.25, 0.3) is 5.69 Å². The van der Waals surface area contributed by atoms with Crippen LogP contribution in [0.15, 0.2) is 84.0 Å². The monoisotopic (exact) mass is 569 g/mol. The predicted octanol–water partition coefficient (Wildman–Crippen LogP) is 7.15. The Labute approximate surface area is 244 Å². The molecule has 8 nitrogen and oxygen atoms in total. The van der Waals surface area contributed by atoms with Crippen molar-refractivity contribution < 1.29 is 9.72 Å². The number of aromatic nitrogens is 3. The Hall–Kier alpha value is -3.98. The van der Waals surface area contributed by atoms with Gasteiger partial charge >= 0.3 is 0 Å². The van der Waals surface area contributed by atoms with E-state index in [9.17, 15) is 14.9 Å². The van der Waals surface area contributed by atoms with Gasteiger partial charge in [-0.25, -0.2) is 0 Å². The van der Waals surface area contributed by atoms with E-state index >= 15 is 0 Å². The van der Waals surface area contributed by atoms with Gasteiger partial charge in [-0.15, -0.1) is 10.2 Å². The summed E-state index contributed by atoms with van der Waals surface area (Å²) in [6.07, 6.45) is 6.85. The van der Waals surface area contributed by atoms with Crippen molar-refractivity contribution in [2.45, 2.75) is 68.8 Å². The molecule has 1 atom stereocenters. The predicted molar refractivity (Wildman–Crippen MR) is 161 cm³/mol. The number of nitrogens with zero attached hydrogens (tertiary/aromatic N) is 4. The summed E-state index contributed by atoms with van der Waals surface area (Å²) in [4.78, 5) is 24.2. The number of nitro benzene ring substituents is 1. The van der Waals surface area contributed by atoms with Crippen molar-refractivity contribution in [3.63, 3.8) is 0 Å². The third kappa shape index (κ3) is 7.61. The normalized spacial score (nSPS) is 14.2. The van der Waals surface area contributed by atoms with E-state index in [2.05, 4.69) is 40.6 Å². The lowest BCUT2D eigenvalue weighted by molar-refractivity contribution is -0.384. The average Bonchev–Trinajstić information content (AvgIpc) is 3.66. The van der Waals surface area contributed by atoms with Gasteiger partial charge in [0, 0.05) is 30.0 Å². The van der Waals surface area contributed by atoms with Crippen LogP contribution < -0.4 is 5.32 Å². The van der Waals surface area contributed by atoms with E-state index in [-0.39, 0.29) is 11.6 Å². The highest BCUT2D eigenvalue weighted by molar-refractivity contribution is 7.98. The number of aryl methyl sites for hydroxylation is 1. The number of rotatable bonds is 12. The van der Waals surface area contributed by atoms with E-state index in [0.29, 0.717) is 41.2 Å². The summed E-state index contributed by atoms with van der Waals surface area (Å²) in [6, 6.07) is 24.3. The zero-order valence-corrected chi connectivity index (χ0v) is 24.1. The fourth-order valence-corrected chi connectivity index (χ4v) is 6.38. The molecule has 1 aromatic heterocycles. The summed E-state index contributed by atoms with van der Waals surface area (Å²) in [7, 11) is 0. The minimum atomic E-state index is -0.426. The van der Waals surface area contributed by atoms with E-state index in [1.807, 2.05) is 41.0 Å².